The van der Waals surface area contributed by atoms with Gasteiger partial charge in [-0.3, -0.25) is 9.59 Å². The number of esters is 1. The van der Waals surface area contributed by atoms with Crippen molar-refractivity contribution in [3.8, 4) is 0 Å². The maximum atomic E-state index is 11.2. The molecule has 0 radical (unpaired) electrons. The Labute approximate surface area is 72.1 Å². The molecule has 1 aliphatic carbocycles. The Morgan fingerprint density at radius 1 is 1.67 bits per heavy atom. The molecule has 0 bridgehead atoms. The quantitative estimate of drug-likeness (QED) is 0.584. The van der Waals surface area contributed by atoms with Gasteiger partial charge in [0, 0.05) is 12.3 Å². The molecule has 0 aromatic carbocycles. The van der Waals surface area contributed by atoms with Gasteiger partial charge in [0.2, 0.25) is 0 Å². The van der Waals surface area contributed by atoms with Crippen LogP contribution in [-0.2, 0) is 14.3 Å². The normalized spacial score (nSPS) is 25.5. The van der Waals surface area contributed by atoms with Crippen molar-refractivity contribution in [2.45, 2.75) is 26.2 Å². The van der Waals surface area contributed by atoms with Crippen molar-refractivity contribution in [1.29, 1.82) is 0 Å². The minimum Gasteiger partial charge on any atom is -0.469 e. The van der Waals surface area contributed by atoms with E-state index in [0.29, 0.717) is 6.42 Å². The Morgan fingerprint density at radius 2 is 2.33 bits per heavy atom. The second-order valence-electron chi connectivity index (χ2n) is 3.28. The van der Waals surface area contributed by atoms with Gasteiger partial charge < -0.3 is 4.74 Å². The molecule has 0 heterocycles. The van der Waals surface area contributed by atoms with Crippen molar-refractivity contribution in [3.05, 3.63) is 0 Å². The summed E-state index contributed by atoms with van der Waals surface area (Å²) in [4.78, 5) is 22.3. The van der Waals surface area contributed by atoms with Crippen LogP contribution in [0.5, 0.6) is 0 Å². The molecule has 1 rings (SSSR count). The molecule has 1 aliphatic rings. The number of ketones is 1. The molecule has 3 heteroatoms. The lowest BCUT2D eigenvalue weighted by Gasteiger charge is -2.14. The van der Waals surface area contributed by atoms with Gasteiger partial charge in [0.05, 0.1) is 13.0 Å². The van der Waals surface area contributed by atoms with Crippen LogP contribution in [0.2, 0.25) is 0 Å². The van der Waals surface area contributed by atoms with E-state index in [1.54, 1.807) is 6.92 Å². The molecule has 68 valence electrons. The molecule has 1 unspecified atom stereocenters. The first kappa shape index (κ1) is 9.23. The zero-order chi connectivity index (χ0) is 9.14. The van der Waals surface area contributed by atoms with E-state index in [1.807, 2.05) is 0 Å². The van der Waals surface area contributed by atoms with E-state index in [2.05, 4.69) is 4.74 Å². The van der Waals surface area contributed by atoms with Crippen molar-refractivity contribution < 1.29 is 14.3 Å². The SMILES string of the molecule is COC(=O)[C@H](C)C1CCCC1=O. The summed E-state index contributed by atoms with van der Waals surface area (Å²) in [5, 5.41) is 0. The summed E-state index contributed by atoms with van der Waals surface area (Å²) in [6.07, 6.45) is 2.39. The largest absolute Gasteiger partial charge is 0.469 e. The maximum absolute atomic E-state index is 11.2. The van der Waals surface area contributed by atoms with Crippen LogP contribution in [0.15, 0.2) is 0 Å². The van der Waals surface area contributed by atoms with Crippen LogP contribution in [0.25, 0.3) is 0 Å². The number of rotatable bonds is 2. The zero-order valence-corrected chi connectivity index (χ0v) is 7.50. The van der Waals surface area contributed by atoms with Gasteiger partial charge in [0.15, 0.2) is 0 Å². The number of hydrogen-bond donors (Lipinski definition) is 0. The standard InChI is InChI=1S/C9H14O3/c1-6(9(11)12-2)7-4-3-5-8(7)10/h6-7H,3-5H2,1-2H3/t6-,7?/m1/s1. The average molecular weight is 170 g/mol. The van der Waals surface area contributed by atoms with Crippen molar-refractivity contribution in [2.75, 3.05) is 7.11 Å². The number of hydrogen-bond acceptors (Lipinski definition) is 3. The highest BCUT2D eigenvalue weighted by molar-refractivity contribution is 5.88. The van der Waals surface area contributed by atoms with Crippen LogP contribution in [0.4, 0.5) is 0 Å². The smallest absolute Gasteiger partial charge is 0.309 e. The topological polar surface area (TPSA) is 43.4 Å². The zero-order valence-electron chi connectivity index (χ0n) is 7.50. The van der Waals surface area contributed by atoms with E-state index in [1.165, 1.54) is 7.11 Å². The van der Waals surface area contributed by atoms with Gasteiger partial charge >= 0.3 is 5.97 Å². The summed E-state index contributed by atoms with van der Waals surface area (Å²) in [7, 11) is 1.36. The molecule has 0 aromatic rings. The van der Waals surface area contributed by atoms with Gasteiger partial charge in [-0.25, -0.2) is 0 Å². The molecule has 1 saturated carbocycles. The van der Waals surface area contributed by atoms with Gasteiger partial charge in [-0.05, 0) is 12.8 Å². The molecule has 12 heavy (non-hydrogen) atoms. The molecule has 0 N–H and O–H groups in total. The monoisotopic (exact) mass is 170 g/mol. The van der Waals surface area contributed by atoms with Crippen molar-refractivity contribution in [3.63, 3.8) is 0 Å². The first-order chi connectivity index (χ1) is 5.66. The third kappa shape index (κ3) is 1.65. The van der Waals surface area contributed by atoms with Gasteiger partial charge in [-0.15, -0.1) is 0 Å². The predicted octanol–water partition coefficient (Wildman–Crippen LogP) is 1.16. The molecule has 0 amide bonds. The third-order valence-corrected chi connectivity index (χ3v) is 2.53. The molecule has 3 nitrogen and oxygen atoms in total. The molecule has 1 fully saturated rings. The first-order valence-electron chi connectivity index (χ1n) is 4.27. The van der Waals surface area contributed by atoms with E-state index in [-0.39, 0.29) is 23.6 Å². The number of Topliss-reactive ketones (excluding diaryl/α,β-unsaturated/α-hetero) is 1. The number of carbonyl (C=O) groups excluding carboxylic acids is 2. The second kappa shape index (κ2) is 3.70. The molecule has 0 aromatic heterocycles. The summed E-state index contributed by atoms with van der Waals surface area (Å²) >= 11 is 0. The van der Waals surface area contributed by atoms with E-state index >= 15 is 0 Å². The van der Waals surface area contributed by atoms with Crippen LogP contribution in [-0.4, -0.2) is 18.9 Å². The fourth-order valence-electron chi connectivity index (χ4n) is 1.72. The highest BCUT2D eigenvalue weighted by Gasteiger charge is 2.33. The summed E-state index contributed by atoms with van der Waals surface area (Å²) < 4.78 is 4.58. The van der Waals surface area contributed by atoms with E-state index in [9.17, 15) is 9.59 Å². The van der Waals surface area contributed by atoms with Gasteiger partial charge in [-0.1, -0.05) is 6.92 Å². The fourth-order valence-corrected chi connectivity index (χ4v) is 1.72. The van der Waals surface area contributed by atoms with Crippen molar-refractivity contribution in [1.82, 2.24) is 0 Å². The van der Waals surface area contributed by atoms with E-state index in [0.717, 1.165) is 12.8 Å². The van der Waals surface area contributed by atoms with Crippen LogP contribution in [0.1, 0.15) is 26.2 Å². The Bertz CT molecular complexity index is 198. The first-order valence-corrected chi connectivity index (χ1v) is 4.27. The second-order valence-corrected chi connectivity index (χ2v) is 3.28. The average Bonchev–Trinajstić information content (AvgIpc) is 2.48. The van der Waals surface area contributed by atoms with Crippen LogP contribution in [0.3, 0.4) is 0 Å². The summed E-state index contributed by atoms with van der Waals surface area (Å²) in [6, 6.07) is 0. The van der Waals surface area contributed by atoms with E-state index in [4.69, 9.17) is 0 Å². The van der Waals surface area contributed by atoms with E-state index < -0.39 is 0 Å². The Kier molecular flexibility index (Phi) is 2.84. The minimum absolute atomic E-state index is 0.0857. The highest BCUT2D eigenvalue weighted by Crippen LogP contribution is 2.28. The summed E-state index contributed by atoms with van der Waals surface area (Å²) in [6.45, 7) is 1.76. The Hall–Kier alpha value is -0.860. The minimum atomic E-state index is -0.268. The van der Waals surface area contributed by atoms with Gasteiger partial charge in [0.25, 0.3) is 0 Å². The molecule has 0 saturated heterocycles. The molecule has 0 aliphatic heterocycles. The van der Waals surface area contributed by atoms with Crippen LogP contribution in [0, 0.1) is 11.8 Å². The lowest BCUT2D eigenvalue weighted by Crippen LogP contribution is -2.24. The third-order valence-electron chi connectivity index (χ3n) is 2.53. The number of methoxy groups -OCH3 is 1. The lowest BCUT2D eigenvalue weighted by molar-refractivity contribution is -0.148. The predicted molar refractivity (Wildman–Crippen MR) is 43.5 cm³/mol. The molecule has 2 atom stereocenters. The van der Waals surface area contributed by atoms with Crippen LogP contribution >= 0.6 is 0 Å². The Morgan fingerprint density at radius 3 is 2.75 bits per heavy atom. The molecular weight excluding hydrogens is 156 g/mol. The van der Waals surface area contributed by atoms with Crippen molar-refractivity contribution in [2.24, 2.45) is 11.8 Å². The molecular formula is C9H14O3. The van der Waals surface area contributed by atoms with Crippen molar-refractivity contribution >= 4 is 11.8 Å². The van der Waals surface area contributed by atoms with Gasteiger partial charge in [0.1, 0.15) is 5.78 Å². The summed E-state index contributed by atoms with van der Waals surface area (Å²) in [5.41, 5.74) is 0. The molecule has 0 spiro atoms. The van der Waals surface area contributed by atoms with Crippen LogP contribution < -0.4 is 0 Å². The maximum Gasteiger partial charge on any atom is 0.309 e. The fraction of sp³-hybridized carbons (Fsp3) is 0.778. The lowest BCUT2D eigenvalue weighted by atomic mass is 9.92. The van der Waals surface area contributed by atoms with Gasteiger partial charge in [-0.2, -0.15) is 0 Å². The highest BCUT2D eigenvalue weighted by atomic mass is 16.5. The number of ether oxygens (including phenoxy) is 1. The Balaban J connectivity index is 2.57. The summed E-state index contributed by atoms with van der Waals surface area (Å²) in [5.74, 6) is -0.398. The number of carbonyl (C=O) groups is 2.